The first-order valence-electron chi connectivity index (χ1n) is 5.74. The molecule has 0 saturated carbocycles. The molecule has 0 saturated heterocycles. The molecule has 0 aliphatic heterocycles. The van der Waals surface area contributed by atoms with Gasteiger partial charge >= 0.3 is 0 Å². The fraction of sp³-hybridized carbons (Fsp3) is 0.600. The SMILES string of the molecule is CCCn1ncnc1CC(NC)c1cn[nH]n1. The van der Waals surface area contributed by atoms with Gasteiger partial charge in [0.05, 0.1) is 17.9 Å². The Morgan fingerprint density at radius 1 is 1.53 bits per heavy atom. The monoisotopic (exact) mass is 235 g/mol. The molecule has 1 unspecified atom stereocenters. The minimum atomic E-state index is 0.105. The molecule has 7 nitrogen and oxygen atoms in total. The molecule has 0 aliphatic rings. The van der Waals surface area contributed by atoms with Gasteiger partial charge in [0.25, 0.3) is 0 Å². The number of hydrogen-bond donors (Lipinski definition) is 2. The van der Waals surface area contributed by atoms with E-state index in [1.807, 2.05) is 11.7 Å². The molecule has 2 aromatic heterocycles. The Morgan fingerprint density at radius 3 is 3.06 bits per heavy atom. The third-order valence-electron chi connectivity index (χ3n) is 2.66. The van der Waals surface area contributed by atoms with Crippen LogP contribution in [0.25, 0.3) is 0 Å². The quantitative estimate of drug-likeness (QED) is 0.752. The van der Waals surface area contributed by atoms with Gasteiger partial charge in [-0.05, 0) is 13.5 Å². The summed E-state index contributed by atoms with van der Waals surface area (Å²) in [5, 5.41) is 17.9. The number of aryl methyl sites for hydroxylation is 1. The lowest BCUT2D eigenvalue weighted by molar-refractivity contribution is 0.509. The molecule has 2 aromatic rings. The van der Waals surface area contributed by atoms with Crippen molar-refractivity contribution in [2.45, 2.75) is 32.4 Å². The molecule has 0 aromatic carbocycles. The molecule has 7 heteroatoms. The fourth-order valence-corrected chi connectivity index (χ4v) is 1.76. The van der Waals surface area contributed by atoms with Gasteiger partial charge in [-0.3, -0.25) is 4.68 Å². The van der Waals surface area contributed by atoms with Gasteiger partial charge in [0.2, 0.25) is 0 Å². The summed E-state index contributed by atoms with van der Waals surface area (Å²) in [4.78, 5) is 4.29. The van der Waals surface area contributed by atoms with E-state index in [1.165, 1.54) is 0 Å². The van der Waals surface area contributed by atoms with E-state index in [0.717, 1.165) is 30.9 Å². The maximum Gasteiger partial charge on any atom is 0.138 e. The maximum absolute atomic E-state index is 4.29. The molecule has 0 aliphatic carbocycles. The normalized spacial score (nSPS) is 12.8. The average molecular weight is 235 g/mol. The van der Waals surface area contributed by atoms with Gasteiger partial charge in [0.15, 0.2) is 0 Å². The highest BCUT2D eigenvalue weighted by Gasteiger charge is 2.16. The number of aromatic amines is 1. The molecule has 2 heterocycles. The van der Waals surface area contributed by atoms with E-state index in [9.17, 15) is 0 Å². The van der Waals surface area contributed by atoms with Crippen LogP contribution in [-0.4, -0.2) is 37.2 Å². The Morgan fingerprint density at radius 2 is 2.41 bits per heavy atom. The molecule has 0 fully saturated rings. The van der Waals surface area contributed by atoms with Gasteiger partial charge in [-0.15, -0.1) is 0 Å². The van der Waals surface area contributed by atoms with E-state index in [1.54, 1.807) is 12.5 Å². The van der Waals surface area contributed by atoms with Crippen LogP contribution >= 0.6 is 0 Å². The smallest absolute Gasteiger partial charge is 0.138 e. The summed E-state index contributed by atoms with van der Waals surface area (Å²) in [7, 11) is 1.90. The molecule has 1 atom stereocenters. The molecular weight excluding hydrogens is 218 g/mol. The first-order valence-corrected chi connectivity index (χ1v) is 5.74. The summed E-state index contributed by atoms with van der Waals surface area (Å²) in [5.74, 6) is 0.967. The molecule has 0 amide bonds. The van der Waals surface area contributed by atoms with Crippen molar-refractivity contribution >= 4 is 0 Å². The summed E-state index contributed by atoms with van der Waals surface area (Å²) in [6, 6.07) is 0.105. The number of nitrogens with zero attached hydrogens (tertiary/aromatic N) is 5. The van der Waals surface area contributed by atoms with Gasteiger partial charge in [-0.25, -0.2) is 4.98 Å². The Hall–Kier alpha value is -1.76. The van der Waals surface area contributed by atoms with Gasteiger partial charge < -0.3 is 5.32 Å². The van der Waals surface area contributed by atoms with Crippen LogP contribution in [-0.2, 0) is 13.0 Å². The van der Waals surface area contributed by atoms with Crippen molar-refractivity contribution in [1.29, 1.82) is 0 Å². The molecule has 2 rings (SSSR count). The third kappa shape index (κ3) is 2.68. The Labute approximate surface area is 99.6 Å². The molecule has 0 bridgehead atoms. The van der Waals surface area contributed by atoms with E-state index in [2.05, 4.69) is 37.7 Å². The van der Waals surface area contributed by atoms with Crippen molar-refractivity contribution in [2.24, 2.45) is 0 Å². The minimum Gasteiger partial charge on any atom is -0.311 e. The van der Waals surface area contributed by atoms with Crippen molar-refractivity contribution in [3.63, 3.8) is 0 Å². The number of nitrogens with one attached hydrogen (secondary N) is 2. The zero-order chi connectivity index (χ0) is 12.1. The largest absolute Gasteiger partial charge is 0.311 e. The summed E-state index contributed by atoms with van der Waals surface area (Å²) in [6.45, 7) is 3.02. The molecule has 17 heavy (non-hydrogen) atoms. The van der Waals surface area contributed by atoms with Crippen LogP contribution in [0.1, 0.15) is 30.9 Å². The van der Waals surface area contributed by atoms with Crippen molar-refractivity contribution < 1.29 is 0 Å². The van der Waals surface area contributed by atoms with Crippen molar-refractivity contribution in [1.82, 2.24) is 35.5 Å². The lowest BCUT2D eigenvalue weighted by Gasteiger charge is -2.13. The van der Waals surface area contributed by atoms with Crippen LogP contribution in [0, 0.1) is 0 Å². The van der Waals surface area contributed by atoms with E-state index in [-0.39, 0.29) is 6.04 Å². The van der Waals surface area contributed by atoms with E-state index in [0.29, 0.717) is 0 Å². The standard InChI is InChI=1S/C10H17N7/c1-3-4-17-10(12-7-14-17)5-8(11-2)9-6-13-16-15-9/h6-8,11H,3-5H2,1-2H3,(H,13,15,16). The number of rotatable bonds is 6. The highest BCUT2D eigenvalue weighted by Crippen LogP contribution is 2.13. The van der Waals surface area contributed by atoms with E-state index >= 15 is 0 Å². The molecule has 0 radical (unpaired) electrons. The Balaban J connectivity index is 2.10. The first kappa shape index (κ1) is 11.7. The molecule has 92 valence electrons. The third-order valence-corrected chi connectivity index (χ3v) is 2.66. The second-order valence-corrected chi connectivity index (χ2v) is 3.84. The van der Waals surface area contributed by atoms with Gasteiger partial charge in [0, 0.05) is 13.0 Å². The van der Waals surface area contributed by atoms with Crippen molar-refractivity contribution in [3.05, 3.63) is 24.0 Å². The number of likely N-dealkylation sites (N-methyl/N-ethyl adjacent to an activating group) is 1. The molecular formula is C10H17N7. The van der Waals surface area contributed by atoms with Crippen molar-refractivity contribution in [3.8, 4) is 0 Å². The lowest BCUT2D eigenvalue weighted by atomic mass is 10.1. The van der Waals surface area contributed by atoms with Gasteiger partial charge in [0.1, 0.15) is 12.2 Å². The highest BCUT2D eigenvalue weighted by molar-refractivity contribution is 5.03. The minimum absolute atomic E-state index is 0.105. The van der Waals surface area contributed by atoms with Gasteiger partial charge in [-0.1, -0.05) is 6.92 Å². The van der Waals surface area contributed by atoms with E-state index in [4.69, 9.17) is 0 Å². The number of aromatic nitrogens is 6. The van der Waals surface area contributed by atoms with Crippen molar-refractivity contribution in [2.75, 3.05) is 7.05 Å². The zero-order valence-electron chi connectivity index (χ0n) is 10.1. The highest BCUT2D eigenvalue weighted by atomic mass is 15.3. The predicted molar refractivity (Wildman–Crippen MR) is 62.2 cm³/mol. The predicted octanol–water partition coefficient (Wildman–Crippen LogP) is 0.309. The number of H-pyrrole nitrogens is 1. The topological polar surface area (TPSA) is 84.3 Å². The van der Waals surface area contributed by atoms with Crippen LogP contribution < -0.4 is 5.32 Å². The average Bonchev–Trinajstić information content (AvgIpc) is 2.97. The summed E-state index contributed by atoms with van der Waals surface area (Å²) < 4.78 is 1.93. The Bertz CT molecular complexity index is 433. The molecule has 0 spiro atoms. The van der Waals surface area contributed by atoms with Crippen LogP contribution in [0.4, 0.5) is 0 Å². The van der Waals surface area contributed by atoms with E-state index < -0.39 is 0 Å². The fourth-order valence-electron chi connectivity index (χ4n) is 1.76. The molecule has 2 N–H and O–H groups in total. The summed E-state index contributed by atoms with van der Waals surface area (Å²) >= 11 is 0. The second-order valence-electron chi connectivity index (χ2n) is 3.84. The Kier molecular flexibility index (Phi) is 3.81. The summed E-state index contributed by atoms with van der Waals surface area (Å²) in [5.41, 5.74) is 0.888. The summed E-state index contributed by atoms with van der Waals surface area (Å²) in [6.07, 6.45) is 5.12. The zero-order valence-corrected chi connectivity index (χ0v) is 10.1. The van der Waals surface area contributed by atoms with Crippen LogP contribution in [0.5, 0.6) is 0 Å². The maximum atomic E-state index is 4.29. The van der Waals surface area contributed by atoms with Crippen LogP contribution in [0.3, 0.4) is 0 Å². The van der Waals surface area contributed by atoms with Gasteiger partial charge in [-0.2, -0.15) is 20.5 Å². The number of hydrogen-bond acceptors (Lipinski definition) is 5. The van der Waals surface area contributed by atoms with Crippen LogP contribution in [0.15, 0.2) is 12.5 Å². The lowest BCUT2D eigenvalue weighted by Crippen LogP contribution is -2.21. The second kappa shape index (κ2) is 5.53. The van der Waals surface area contributed by atoms with Crippen LogP contribution in [0.2, 0.25) is 0 Å². The first-order chi connectivity index (χ1) is 8.35.